The van der Waals surface area contributed by atoms with E-state index in [-0.39, 0.29) is 0 Å². The van der Waals surface area contributed by atoms with Crippen molar-refractivity contribution in [1.29, 1.82) is 0 Å². The zero-order valence-corrected chi connectivity index (χ0v) is 15.9. The molecule has 0 aromatic rings. The minimum atomic E-state index is -1.56. The average Bonchev–Trinajstić information content (AvgIpc) is 2.15. The summed E-state index contributed by atoms with van der Waals surface area (Å²) >= 11 is 12.0. The Hall–Kier alpha value is 1.26. The van der Waals surface area contributed by atoms with Crippen molar-refractivity contribution in [3.05, 3.63) is 0 Å². The van der Waals surface area contributed by atoms with Gasteiger partial charge in [-0.1, -0.05) is 79.0 Å². The summed E-state index contributed by atoms with van der Waals surface area (Å²) in [6.45, 7) is 18.0. The van der Waals surface area contributed by atoms with E-state index in [1.54, 1.807) is 0 Å². The maximum absolute atomic E-state index is 6.00. The third-order valence-corrected chi connectivity index (χ3v) is 18.5. The van der Waals surface area contributed by atoms with Crippen molar-refractivity contribution < 1.29 is 0 Å². The summed E-state index contributed by atoms with van der Waals surface area (Å²) in [5.41, 5.74) is 2.10. The maximum atomic E-state index is 6.00. The van der Waals surface area contributed by atoms with Crippen molar-refractivity contribution in [2.24, 2.45) is 0 Å². The smallest absolute Gasteiger partial charge is 0.0212 e. The molecule has 0 rings (SSSR count). The Morgan fingerprint density at radius 3 is 0.882 bits per heavy atom. The molecule has 0 saturated carbocycles. The number of hydrogen-bond acceptors (Lipinski definition) is 2. The molecule has 0 fully saturated rings. The van der Waals surface area contributed by atoms with E-state index in [1.807, 2.05) is 0 Å². The van der Waals surface area contributed by atoms with Gasteiger partial charge in [-0.2, -0.15) is 0 Å². The topological polar surface area (TPSA) is 12.0 Å². The van der Waals surface area contributed by atoms with Gasteiger partial charge in [0.25, 0.3) is 0 Å². The highest BCUT2D eigenvalue weighted by atomic mass is 32.5. The molecule has 0 spiro atoms. The first kappa shape index (κ1) is 18.3. The van der Waals surface area contributed by atoms with E-state index in [0.717, 1.165) is 0 Å². The van der Waals surface area contributed by atoms with E-state index in [0.29, 0.717) is 22.6 Å². The molecular weight excluding hydrogens is 284 g/mol. The van der Waals surface area contributed by atoms with Crippen molar-refractivity contribution in [3.8, 4) is 0 Å². The van der Waals surface area contributed by atoms with Crippen LogP contribution in [0.3, 0.4) is 0 Å². The largest absolute Gasteiger partial charge is 0.258 e. The van der Waals surface area contributed by atoms with Gasteiger partial charge in [0.15, 0.2) is 0 Å². The van der Waals surface area contributed by atoms with Gasteiger partial charge in [-0.3, -0.25) is 4.86 Å². The predicted molar refractivity (Wildman–Crippen MR) is 92.2 cm³/mol. The fourth-order valence-corrected chi connectivity index (χ4v) is 12.8. The summed E-state index contributed by atoms with van der Waals surface area (Å²) in [5.74, 6) is 0. The highest BCUT2D eigenvalue weighted by molar-refractivity contribution is 8.23. The minimum Gasteiger partial charge on any atom is -0.258 e. The summed E-state index contributed by atoms with van der Waals surface area (Å²) in [7, 11) is 0. The lowest BCUT2D eigenvalue weighted by molar-refractivity contribution is 0.962. The molecule has 17 heavy (non-hydrogen) atoms. The molecule has 0 saturated heterocycles. The maximum Gasteiger partial charge on any atom is 0.0212 e. The van der Waals surface area contributed by atoms with Crippen molar-refractivity contribution in [2.45, 2.75) is 78.0 Å². The Bertz CT molecular complexity index is 279. The predicted octanol–water partition coefficient (Wildman–Crippen LogP) is 5.00. The second kappa shape index (κ2) is 6.62. The van der Waals surface area contributed by atoms with Gasteiger partial charge in [-0.05, 0) is 22.6 Å². The number of rotatable bonds is 6. The van der Waals surface area contributed by atoms with Crippen LogP contribution in [0.1, 0.15) is 55.4 Å². The van der Waals surface area contributed by atoms with Crippen LogP contribution in [0.2, 0.25) is 0 Å². The first-order valence-electron chi connectivity index (χ1n) is 6.46. The summed E-state index contributed by atoms with van der Waals surface area (Å²) in [6.07, 6.45) is -3.13. The summed E-state index contributed by atoms with van der Waals surface area (Å²) < 4.78 is 0. The fraction of sp³-hybridized carbons (Fsp3) is 1.00. The highest BCUT2D eigenvalue weighted by Gasteiger charge is 2.34. The van der Waals surface area contributed by atoms with Crippen LogP contribution in [0.5, 0.6) is 0 Å². The molecular formula is C12H29NP2S2. The van der Waals surface area contributed by atoms with Crippen LogP contribution in [-0.4, -0.2) is 22.6 Å². The van der Waals surface area contributed by atoms with Crippen LogP contribution in [0.4, 0.5) is 0 Å². The molecule has 1 N–H and O–H groups in total. The molecule has 0 aromatic heterocycles. The van der Waals surface area contributed by atoms with Crippen LogP contribution in [0.15, 0.2) is 0 Å². The Morgan fingerprint density at radius 1 is 0.588 bits per heavy atom. The Morgan fingerprint density at radius 2 is 0.765 bits per heavy atom. The quantitative estimate of drug-likeness (QED) is 0.693. The molecule has 0 bridgehead atoms. The minimum absolute atomic E-state index is 0.525. The van der Waals surface area contributed by atoms with Crippen molar-refractivity contribution in [3.63, 3.8) is 0 Å². The van der Waals surface area contributed by atoms with E-state index in [4.69, 9.17) is 23.6 Å². The molecule has 0 radical (unpaired) electrons. The standard InChI is InChI=1S/C12H29NP2S2/c1-9(2)14(16,10(3)4)13-15(17,11(5)6)12(7)8/h9-12H,1-8H3,(H,13,16,17). The van der Waals surface area contributed by atoms with Gasteiger partial charge in [-0.15, -0.1) is 0 Å². The van der Waals surface area contributed by atoms with Gasteiger partial charge in [0.2, 0.25) is 0 Å². The van der Waals surface area contributed by atoms with Gasteiger partial charge in [0, 0.05) is 12.4 Å². The Kier molecular flexibility index (Phi) is 7.11. The molecule has 0 heterocycles. The van der Waals surface area contributed by atoms with Crippen LogP contribution in [0, 0.1) is 0 Å². The van der Waals surface area contributed by atoms with Gasteiger partial charge in [-0.25, -0.2) is 0 Å². The summed E-state index contributed by atoms with van der Waals surface area (Å²) in [5, 5.41) is 0. The molecule has 5 heteroatoms. The highest BCUT2D eigenvalue weighted by Crippen LogP contribution is 2.64. The fourth-order valence-electron chi connectivity index (χ4n) is 1.90. The van der Waals surface area contributed by atoms with Gasteiger partial charge >= 0.3 is 0 Å². The molecule has 0 aliphatic heterocycles. The average molecular weight is 313 g/mol. The molecule has 104 valence electrons. The van der Waals surface area contributed by atoms with E-state index in [1.165, 1.54) is 0 Å². The van der Waals surface area contributed by atoms with Crippen LogP contribution in [0.25, 0.3) is 0 Å². The van der Waals surface area contributed by atoms with E-state index in [2.05, 4.69) is 60.2 Å². The third-order valence-electron chi connectivity index (χ3n) is 3.38. The van der Waals surface area contributed by atoms with Gasteiger partial charge in [0.05, 0.1) is 0 Å². The number of hydrogen-bond donors (Lipinski definition) is 1. The summed E-state index contributed by atoms with van der Waals surface area (Å²) in [6, 6.07) is 0. The second-order valence-corrected chi connectivity index (χ2v) is 17.3. The van der Waals surface area contributed by atoms with E-state index < -0.39 is 12.4 Å². The van der Waals surface area contributed by atoms with Gasteiger partial charge in [0.1, 0.15) is 0 Å². The van der Waals surface area contributed by atoms with Crippen LogP contribution < -0.4 is 4.86 Å². The van der Waals surface area contributed by atoms with Gasteiger partial charge < -0.3 is 0 Å². The monoisotopic (exact) mass is 313 g/mol. The third kappa shape index (κ3) is 4.11. The zero-order valence-electron chi connectivity index (χ0n) is 12.5. The first-order valence-corrected chi connectivity index (χ1v) is 12.3. The molecule has 0 aliphatic rings. The molecule has 1 nitrogen and oxygen atoms in total. The zero-order chi connectivity index (χ0) is 14.0. The molecule has 0 amide bonds. The lowest BCUT2D eigenvalue weighted by atomic mass is 10.5. The molecule has 0 aliphatic carbocycles. The van der Waals surface area contributed by atoms with E-state index in [9.17, 15) is 0 Å². The Balaban J connectivity index is 5.39. The van der Waals surface area contributed by atoms with Crippen molar-refractivity contribution in [2.75, 3.05) is 0 Å². The van der Waals surface area contributed by atoms with Crippen LogP contribution >= 0.6 is 12.4 Å². The molecule has 0 unspecified atom stereocenters. The second-order valence-electron chi connectivity index (χ2n) is 5.89. The lowest BCUT2D eigenvalue weighted by Gasteiger charge is -2.41. The molecule has 0 atom stereocenters. The first-order chi connectivity index (χ1) is 7.48. The van der Waals surface area contributed by atoms with E-state index >= 15 is 0 Å². The Labute approximate surface area is 119 Å². The SMILES string of the molecule is CC(C)P(=S)(NP(=S)(C(C)C)C(C)C)C(C)C. The van der Waals surface area contributed by atoms with Crippen molar-refractivity contribution >= 4 is 36.0 Å². The normalized spacial score (nSPS) is 14.4. The van der Waals surface area contributed by atoms with Crippen molar-refractivity contribution in [1.82, 2.24) is 4.86 Å². The lowest BCUT2D eigenvalue weighted by Crippen LogP contribution is -2.27. The number of nitrogens with one attached hydrogen (secondary N) is 1. The molecule has 0 aromatic carbocycles. The summed E-state index contributed by atoms with van der Waals surface area (Å²) in [4.78, 5) is 3.86. The van der Waals surface area contributed by atoms with Crippen LogP contribution in [-0.2, 0) is 23.6 Å².